The molecule has 0 N–H and O–H groups in total. The van der Waals surface area contributed by atoms with Crippen LogP contribution in [-0.4, -0.2) is 13.7 Å². The third-order valence-electron chi connectivity index (χ3n) is 1.68. The van der Waals surface area contributed by atoms with Gasteiger partial charge in [-0.25, -0.2) is 8.42 Å². The van der Waals surface area contributed by atoms with Crippen molar-refractivity contribution in [3.05, 3.63) is 0 Å². The predicted octanol–water partition coefficient (Wildman–Crippen LogP) is 0.857. The molecule has 0 atom stereocenters. The van der Waals surface area contributed by atoms with Crippen molar-refractivity contribution >= 4 is 19.7 Å². The maximum atomic E-state index is 10.5. The van der Waals surface area contributed by atoms with Crippen molar-refractivity contribution in [1.82, 2.24) is 0 Å². The topological polar surface area (TPSA) is 57.9 Å². The van der Waals surface area contributed by atoms with Gasteiger partial charge in [0.15, 0.2) is 0 Å². The van der Waals surface area contributed by atoms with Crippen molar-refractivity contribution in [3.8, 4) is 6.07 Å². The Kier molecular flexibility index (Phi) is 1.88. The Morgan fingerprint density at radius 3 is 2.30 bits per heavy atom. The molecule has 0 radical (unpaired) electrons. The molecular formula is C5H6ClNO2S. The molecule has 1 saturated carbocycles. The average Bonchev–Trinajstić information content (AvgIpc) is 1.57. The van der Waals surface area contributed by atoms with Crippen LogP contribution < -0.4 is 0 Å². The SMILES string of the molecule is N#C[C@H]1C[C@H](S(=O)(=O)Cl)C1. The molecular weight excluding hydrogens is 174 g/mol. The average molecular weight is 180 g/mol. The molecule has 1 rings (SSSR count). The summed E-state index contributed by atoms with van der Waals surface area (Å²) in [5.41, 5.74) is 0. The monoisotopic (exact) mass is 179 g/mol. The molecule has 0 unspecified atom stereocenters. The zero-order chi connectivity index (χ0) is 7.78. The van der Waals surface area contributed by atoms with Crippen molar-refractivity contribution in [2.75, 3.05) is 0 Å². The molecule has 10 heavy (non-hydrogen) atoms. The summed E-state index contributed by atoms with van der Waals surface area (Å²) in [6, 6.07) is 1.98. The van der Waals surface area contributed by atoms with Gasteiger partial charge in [0.1, 0.15) is 0 Å². The molecule has 0 amide bonds. The first-order valence-corrected chi connectivity index (χ1v) is 5.24. The lowest BCUT2D eigenvalue weighted by atomic mass is 9.86. The van der Waals surface area contributed by atoms with Gasteiger partial charge in [-0.05, 0) is 12.8 Å². The van der Waals surface area contributed by atoms with Gasteiger partial charge in [-0.2, -0.15) is 5.26 Å². The van der Waals surface area contributed by atoms with Crippen molar-refractivity contribution < 1.29 is 8.42 Å². The fourth-order valence-corrected chi connectivity index (χ4v) is 2.26. The van der Waals surface area contributed by atoms with Crippen LogP contribution in [0.15, 0.2) is 0 Å². The molecule has 0 aromatic rings. The number of nitriles is 1. The standard InChI is InChI=1S/C5H6ClNO2S/c6-10(8,9)5-1-4(2-5)3-7/h4-5H,1-2H2/t4-,5-. The van der Waals surface area contributed by atoms with Gasteiger partial charge in [-0.3, -0.25) is 0 Å². The van der Waals surface area contributed by atoms with E-state index in [0.29, 0.717) is 12.8 Å². The molecule has 3 nitrogen and oxygen atoms in total. The van der Waals surface area contributed by atoms with Crippen molar-refractivity contribution in [1.29, 1.82) is 5.26 Å². The van der Waals surface area contributed by atoms with Gasteiger partial charge in [-0.1, -0.05) is 0 Å². The third kappa shape index (κ3) is 1.41. The van der Waals surface area contributed by atoms with Crippen LogP contribution in [-0.2, 0) is 9.05 Å². The summed E-state index contributed by atoms with van der Waals surface area (Å²) >= 11 is 0. The fourth-order valence-electron chi connectivity index (χ4n) is 0.901. The zero-order valence-corrected chi connectivity index (χ0v) is 6.69. The Morgan fingerprint density at radius 1 is 1.50 bits per heavy atom. The van der Waals surface area contributed by atoms with Crippen molar-refractivity contribution in [3.63, 3.8) is 0 Å². The number of halogens is 1. The second-order valence-electron chi connectivity index (χ2n) is 2.40. The number of nitrogens with zero attached hydrogens (tertiary/aromatic N) is 1. The van der Waals surface area contributed by atoms with Crippen LogP contribution in [0.2, 0.25) is 0 Å². The van der Waals surface area contributed by atoms with Crippen LogP contribution in [0, 0.1) is 17.2 Å². The third-order valence-corrected chi connectivity index (χ3v) is 3.61. The maximum absolute atomic E-state index is 10.5. The van der Waals surface area contributed by atoms with E-state index in [0.717, 1.165) is 0 Å². The Bertz CT molecular complexity index is 260. The molecule has 0 saturated heterocycles. The van der Waals surface area contributed by atoms with E-state index in [1.807, 2.05) is 6.07 Å². The van der Waals surface area contributed by atoms with Gasteiger partial charge in [0.25, 0.3) is 0 Å². The van der Waals surface area contributed by atoms with Gasteiger partial charge >= 0.3 is 0 Å². The molecule has 56 valence electrons. The highest BCUT2D eigenvalue weighted by Crippen LogP contribution is 2.33. The molecule has 5 heteroatoms. The molecule has 0 aromatic heterocycles. The largest absolute Gasteiger partial charge is 0.235 e. The van der Waals surface area contributed by atoms with Crippen molar-refractivity contribution in [2.45, 2.75) is 18.1 Å². The van der Waals surface area contributed by atoms with Crippen LogP contribution in [0.25, 0.3) is 0 Å². The summed E-state index contributed by atoms with van der Waals surface area (Å²) in [5.74, 6) is -0.0986. The van der Waals surface area contributed by atoms with E-state index in [4.69, 9.17) is 15.9 Å². The highest BCUT2D eigenvalue weighted by molar-refractivity contribution is 8.14. The lowest BCUT2D eigenvalue weighted by Crippen LogP contribution is -2.32. The molecule has 0 aromatic carbocycles. The Hall–Kier alpha value is -0.270. The summed E-state index contributed by atoms with van der Waals surface area (Å²) in [4.78, 5) is 0. The van der Waals surface area contributed by atoms with Gasteiger partial charge in [0, 0.05) is 16.6 Å². The normalized spacial score (nSPS) is 32.4. The van der Waals surface area contributed by atoms with Crippen LogP contribution in [0.4, 0.5) is 0 Å². The van der Waals surface area contributed by atoms with Crippen LogP contribution in [0.5, 0.6) is 0 Å². The smallest absolute Gasteiger partial charge is 0.212 e. The first-order valence-electron chi connectivity index (χ1n) is 2.87. The molecule has 0 aliphatic heterocycles. The van der Waals surface area contributed by atoms with E-state index in [1.54, 1.807) is 0 Å². The van der Waals surface area contributed by atoms with Crippen LogP contribution in [0.1, 0.15) is 12.8 Å². The highest BCUT2D eigenvalue weighted by atomic mass is 35.7. The number of rotatable bonds is 1. The predicted molar refractivity (Wildman–Crippen MR) is 36.9 cm³/mol. The van der Waals surface area contributed by atoms with Gasteiger partial charge in [0.05, 0.1) is 11.3 Å². The van der Waals surface area contributed by atoms with Crippen LogP contribution >= 0.6 is 10.7 Å². The summed E-state index contributed by atoms with van der Waals surface area (Å²) in [6.45, 7) is 0. The molecule has 1 aliphatic rings. The summed E-state index contributed by atoms with van der Waals surface area (Å²) in [5, 5.41) is 7.81. The lowest BCUT2D eigenvalue weighted by molar-refractivity contribution is 0.395. The summed E-state index contributed by atoms with van der Waals surface area (Å²) < 4.78 is 21.1. The molecule has 1 aliphatic carbocycles. The second-order valence-corrected chi connectivity index (χ2v) is 5.30. The number of hydrogen-bond donors (Lipinski definition) is 0. The van der Waals surface area contributed by atoms with E-state index in [-0.39, 0.29) is 5.92 Å². The van der Waals surface area contributed by atoms with Crippen molar-refractivity contribution in [2.24, 2.45) is 5.92 Å². The van der Waals surface area contributed by atoms with Crippen LogP contribution in [0.3, 0.4) is 0 Å². The Morgan fingerprint density at radius 2 is 2.00 bits per heavy atom. The highest BCUT2D eigenvalue weighted by Gasteiger charge is 2.37. The van der Waals surface area contributed by atoms with E-state index in [2.05, 4.69) is 0 Å². The quantitative estimate of drug-likeness (QED) is 0.561. The first kappa shape index (κ1) is 7.83. The Balaban J connectivity index is 2.50. The zero-order valence-electron chi connectivity index (χ0n) is 5.12. The first-order chi connectivity index (χ1) is 4.54. The van der Waals surface area contributed by atoms with E-state index in [9.17, 15) is 8.42 Å². The molecule has 1 fully saturated rings. The molecule has 0 bridgehead atoms. The minimum absolute atomic E-state index is 0.0986. The fraction of sp³-hybridized carbons (Fsp3) is 0.800. The van der Waals surface area contributed by atoms with Gasteiger partial charge in [0.2, 0.25) is 9.05 Å². The minimum Gasteiger partial charge on any atom is -0.212 e. The van der Waals surface area contributed by atoms with E-state index in [1.165, 1.54) is 0 Å². The Labute approximate surface area is 64.0 Å². The van der Waals surface area contributed by atoms with E-state index < -0.39 is 14.3 Å². The minimum atomic E-state index is -3.39. The van der Waals surface area contributed by atoms with E-state index >= 15 is 0 Å². The number of hydrogen-bond acceptors (Lipinski definition) is 3. The summed E-state index contributed by atoms with van der Waals surface area (Å²) in [6.07, 6.45) is 0.810. The summed E-state index contributed by atoms with van der Waals surface area (Å²) in [7, 11) is 1.63. The second kappa shape index (κ2) is 2.40. The van der Waals surface area contributed by atoms with Gasteiger partial charge in [-0.15, -0.1) is 0 Å². The van der Waals surface area contributed by atoms with Gasteiger partial charge < -0.3 is 0 Å². The molecule has 0 heterocycles. The lowest BCUT2D eigenvalue weighted by Gasteiger charge is -2.27. The molecule has 0 spiro atoms. The maximum Gasteiger partial charge on any atom is 0.235 e.